The van der Waals surface area contributed by atoms with E-state index in [9.17, 15) is 4.79 Å². The number of halogens is 1. The number of carbonyl (C=O) groups excluding carboxylic acids is 1. The number of thioether (sulfide) groups is 1. The lowest BCUT2D eigenvalue weighted by Gasteiger charge is -2.11. The van der Waals surface area contributed by atoms with Crippen LogP contribution in [0.1, 0.15) is 25.3 Å². The largest absolute Gasteiger partial charge is 0.325 e. The number of benzene rings is 3. The van der Waals surface area contributed by atoms with Gasteiger partial charge >= 0.3 is 0 Å². The van der Waals surface area contributed by atoms with E-state index in [1.54, 1.807) is 0 Å². The van der Waals surface area contributed by atoms with Gasteiger partial charge in [0.1, 0.15) is 0 Å². The molecule has 1 amide bonds. The number of amides is 1. The first kappa shape index (κ1) is 22.3. The molecule has 0 spiro atoms. The third-order valence-electron chi connectivity index (χ3n) is 4.92. The number of hydrogen-bond acceptors (Lipinski definition) is 4. The minimum absolute atomic E-state index is 0.0843. The highest BCUT2D eigenvalue weighted by Gasteiger charge is 2.17. The topological polar surface area (TPSA) is 59.8 Å². The standard InChI is InChI=1S/C25H23BrN4OS/c1-17(2)18-11-13-21(14-12-18)27-23(31)16-32-25-29-28-24(19-7-6-8-20(26)15-19)30(25)22-9-4-3-5-10-22/h3-15,17H,16H2,1-2H3,(H,27,31). The molecule has 0 saturated heterocycles. The summed E-state index contributed by atoms with van der Waals surface area (Å²) >= 11 is 4.89. The van der Waals surface area contributed by atoms with E-state index in [4.69, 9.17) is 0 Å². The summed E-state index contributed by atoms with van der Waals surface area (Å²) in [5.74, 6) is 1.33. The predicted octanol–water partition coefficient (Wildman–Crippen LogP) is 6.55. The van der Waals surface area contributed by atoms with E-state index in [1.165, 1.54) is 17.3 Å². The third kappa shape index (κ3) is 5.29. The Bertz CT molecular complexity index is 1210. The molecule has 0 atom stereocenters. The number of nitrogens with zero attached hydrogens (tertiary/aromatic N) is 3. The van der Waals surface area contributed by atoms with Crippen molar-refractivity contribution in [3.05, 3.63) is 88.9 Å². The molecule has 7 heteroatoms. The second-order valence-corrected chi connectivity index (χ2v) is 9.46. The van der Waals surface area contributed by atoms with Gasteiger partial charge in [-0.15, -0.1) is 10.2 Å². The van der Waals surface area contributed by atoms with Crippen molar-refractivity contribution in [2.45, 2.75) is 24.9 Å². The van der Waals surface area contributed by atoms with Crippen LogP contribution in [-0.4, -0.2) is 26.4 Å². The fraction of sp³-hybridized carbons (Fsp3) is 0.160. The van der Waals surface area contributed by atoms with Gasteiger partial charge in [-0.1, -0.05) is 84.0 Å². The van der Waals surface area contributed by atoms with Crippen molar-refractivity contribution in [3.63, 3.8) is 0 Å². The van der Waals surface area contributed by atoms with Crippen molar-refractivity contribution in [1.29, 1.82) is 0 Å². The third-order valence-corrected chi connectivity index (χ3v) is 6.35. The zero-order valence-electron chi connectivity index (χ0n) is 17.8. The smallest absolute Gasteiger partial charge is 0.234 e. The van der Waals surface area contributed by atoms with Crippen molar-refractivity contribution < 1.29 is 4.79 Å². The highest BCUT2D eigenvalue weighted by atomic mass is 79.9. The van der Waals surface area contributed by atoms with Crippen LogP contribution in [-0.2, 0) is 4.79 Å². The Balaban J connectivity index is 1.54. The summed E-state index contributed by atoms with van der Waals surface area (Å²) in [6.07, 6.45) is 0. The Kier molecular flexibility index (Phi) is 7.07. The van der Waals surface area contributed by atoms with Crippen molar-refractivity contribution in [2.75, 3.05) is 11.1 Å². The number of carbonyl (C=O) groups is 1. The van der Waals surface area contributed by atoms with Crippen molar-refractivity contribution in [2.24, 2.45) is 0 Å². The molecule has 1 N–H and O–H groups in total. The Morgan fingerprint density at radius 2 is 1.75 bits per heavy atom. The monoisotopic (exact) mass is 506 g/mol. The van der Waals surface area contributed by atoms with Crippen molar-refractivity contribution >= 4 is 39.3 Å². The van der Waals surface area contributed by atoms with Gasteiger partial charge in [0.15, 0.2) is 11.0 Å². The highest BCUT2D eigenvalue weighted by Crippen LogP contribution is 2.29. The van der Waals surface area contributed by atoms with Crippen LogP contribution >= 0.6 is 27.7 Å². The van der Waals surface area contributed by atoms with Gasteiger partial charge in [-0.05, 0) is 47.9 Å². The number of aromatic nitrogens is 3. The van der Waals surface area contributed by atoms with Crippen LogP contribution < -0.4 is 5.32 Å². The van der Waals surface area contributed by atoms with Gasteiger partial charge in [0.25, 0.3) is 0 Å². The van der Waals surface area contributed by atoms with Crippen LogP contribution in [0, 0.1) is 0 Å². The van der Waals surface area contributed by atoms with Gasteiger partial charge in [0.05, 0.1) is 5.75 Å². The van der Waals surface area contributed by atoms with Crippen LogP contribution in [0.5, 0.6) is 0 Å². The molecule has 4 rings (SSSR count). The van der Waals surface area contributed by atoms with Crippen LogP contribution in [0.25, 0.3) is 17.1 Å². The van der Waals surface area contributed by atoms with Gasteiger partial charge in [-0.3, -0.25) is 9.36 Å². The van der Waals surface area contributed by atoms with Crippen molar-refractivity contribution in [3.8, 4) is 17.1 Å². The number of nitrogens with one attached hydrogen (secondary N) is 1. The molecule has 0 aliphatic carbocycles. The lowest BCUT2D eigenvalue weighted by molar-refractivity contribution is -0.113. The molecule has 0 bridgehead atoms. The molecule has 0 fully saturated rings. The quantitative estimate of drug-likeness (QED) is 0.288. The average molecular weight is 507 g/mol. The molecule has 162 valence electrons. The minimum Gasteiger partial charge on any atom is -0.325 e. The maximum absolute atomic E-state index is 12.6. The summed E-state index contributed by atoms with van der Waals surface area (Å²) in [6, 6.07) is 25.8. The van der Waals surface area contributed by atoms with E-state index >= 15 is 0 Å². The van der Waals surface area contributed by atoms with Crippen LogP contribution in [0.2, 0.25) is 0 Å². The van der Waals surface area contributed by atoms with Gasteiger partial charge in [-0.25, -0.2) is 0 Å². The van der Waals surface area contributed by atoms with E-state index in [0.717, 1.165) is 27.2 Å². The van der Waals surface area contributed by atoms with Crippen LogP contribution in [0.15, 0.2) is 88.5 Å². The van der Waals surface area contributed by atoms with Gasteiger partial charge < -0.3 is 5.32 Å². The van der Waals surface area contributed by atoms with E-state index in [1.807, 2.05) is 83.4 Å². The number of anilines is 1. The molecule has 0 aliphatic rings. The summed E-state index contributed by atoms with van der Waals surface area (Å²) in [4.78, 5) is 12.6. The first-order chi connectivity index (χ1) is 15.5. The molecule has 32 heavy (non-hydrogen) atoms. The second-order valence-electron chi connectivity index (χ2n) is 7.60. The fourth-order valence-electron chi connectivity index (χ4n) is 3.27. The van der Waals surface area contributed by atoms with E-state index in [0.29, 0.717) is 11.1 Å². The minimum atomic E-state index is -0.0843. The highest BCUT2D eigenvalue weighted by molar-refractivity contribution is 9.10. The van der Waals surface area contributed by atoms with Crippen LogP contribution in [0.3, 0.4) is 0 Å². The molecule has 3 aromatic carbocycles. The normalized spacial score (nSPS) is 11.0. The molecule has 1 heterocycles. The van der Waals surface area contributed by atoms with Gasteiger partial charge in [0, 0.05) is 21.4 Å². The summed E-state index contributed by atoms with van der Waals surface area (Å²) in [6.45, 7) is 4.30. The van der Waals surface area contributed by atoms with Gasteiger partial charge in [0.2, 0.25) is 5.91 Å². The Morgan fingerprint density at radius 1 is 1.00 bits per heavy atom. The Hall–Kier alpha value is -2.90. The summed E-state index contributed by atoms with van der Waals surface area (Å²) in [7, 11) is 0. The predicted molar refractivity (Wildman–Crippen MR) is 134 cm³/mol. The Labute approximate surface area is 200 Å². The molecular weight excluding hydrogens is 484 g/mol. The molecule has 0 unspecified atom stereocenters. The first-order valence-corrected chi connectivity index (χ1v) is 12.1. The zero-order chi connectivity index (χ0) is 22.5. The van der Waals surface area contributed by atoms with E-state index < -0.39 is 0 Å². The molecule has 4 aromatic rings. The average Bonchev–Trinajstić information content (AvgIpc) is 3.23. The molecule has 5 nitrogen and oxygen atoms in total. The lowest BCUT2D eigenvalue weighted by Crippen LogP contribution is -2.14. The maximum Gasteiger partial charge on any atom is 0.234 e. The summed E-state index contributed by atoms with van der Waals surface area (Å²) in [5, 5.41) is 12.4. The fourth-order valence-corrected chi connectivity index (χ4v) is 4.42. The Morgan fingerprint density at radius 3 is 2.44 bits per heavy atom. The van der Waals surface area contributed by atoms with E-state index in [2.05, 4.69) is 45.3 Å². The molecule has 0 aliphatic heterocycles. The lowest BCUT2D eigenvalue weighted by atomic mass is 10.0. The van der Waals surface area contributed by atoms with Crippen molar-refractivity contribution in [1.82, 2.24) is 14.8 Å². The number of para-hydroxylation sites is 1. The molecule has 0 saturated carbocycles. The molecular formula is C25H23BrN4OS. The summed E-state index contributed by atoms with van der Waals surface area (Å²) < 4.78 is 2.95. The zero-order valence-corrected chi connectivity index (χ0v) is 20.2. The SMILES string of the molecule is CC(C)c1ccc(NC(=O)CSc2nnc(-c3cccc(Br)c3)n2-c2ccccc2)cc1. The molecule has 0 radical (unpaired) electrons. The first-order valence-electron chi connectivity index (χ1n) is 10.3. The number of rotatable bonds is 7. The van der Waals surface area contributed by atoms with Crippen LogP contribution in [0.4, 0.5) is 5.69 Å². The maximum atomic E-state index is 12.6. The summed E-state index contributed by atoms with van der Waals surface area (Å²) in [5.41, 5.74) is 3.92. The second kappa shape index (κ2) is 10.1. The van der Waals surface area contributed by atoms with Gasteiger partial charge in [-0.2, -0.15) is 0 Å². The number of hydrogen-bond donors (Lipinski definition) is 1. The van der Waals surface area contributed by atoms with E-state index in [-0.39, 0.29) is 11.7 Å². The molecule has 1 aromatic heterocycles.